The topological polar surface area (TPSA) is 83.6 Å². The van der Waals surface area contributed by atoms with Crippen LogP contribution in [0, 0.1) is 11.8 Å². The maximum atomic E-state index is 12.3. The van der Waals surface area contributed by atoms with Crippen LogP contribution in [0.25, 0.3) is 0 Å². The molecule has 1 aliphatic heterocycles. The van der Waals surface area contributed by atoms with Gasteiger partial charge >= 0.3 is 0 Å². The highest BCUT2D eigenvalue weighted by Crippen LogP contribution is 2.35. The molecule has 0 unspecified atom stereocenters. The molecule has 1 N–H and O–H groups in total. The van der Waals surface area contributed by atoms with Crippen molar-refractivity contribution in [2.45, 2.75) is 32.6 Å². The molecule has 1 aromatic rings. The number of rotatable bonds is 6. The maximum absolute atomic E-state index is 12.3. The normalized spacial score (nSPS) is 21.7. The number of allylic oxidation sites excluding steroid dienone is 2. The summed E-state index contributed by atoms with van der Waals surface area (Å²) >= 11 is 0. The van der Waals surface area contributed by atoms with Crippen LogP contribution in [-0.2, 0) is 14.4 Å². The molecular formula is C20H22N2O4. The van der Waals surface area contributed by atoms with Gasteiger partial charge in [-0.1, -0.05) is 12.2 Å². The summed E-state index contributed by atoms with van der Waals surface area (Å²) in [6.07, 6.45) is 5.83. The molecule has 1 fully saturated rings. The van der Waals surface area contributed by atoms with Gasteiger partial charge in [0.2, 0.25) is 17.7 Å². The fourth-order valence-electron chi connectivity index (χ4n) is 3.50. The van der Waals surface area contributed by atoms with Crippen molar-refractivity contribution < 1.29 is 19.2 Å². The summed E-state index contributed by atoms with van der Waals surface area (Å²) in [7, 11) is 0. The molecule has 26 heavy (non-hydrogen) atoms. The first-order valence-corrected chi connectivity index (χ1v) is 8.88. The monoisotopic (exact) mass is 354 g/mol. The van der Waals surface area contributed by atoms with Gasteiger partial charge in [0.25, 0.3) is 0 Å². The van der Waals surface area contributed by atoms with E-state index in [4.69, 9.17) is 0 Å². The van der Waals surface area contributed by atoms with Crippen molar-refractivity contribution in [2.24, 2.45) is 11.8 Å². The van der Waals surface area contributed by atoms with Gasteiger partial charge in [-0.25, -0.2) is 0 Å². The van der Waals surface area contributed by atoms with E-state index in [0.717, 1.165) is 0 Å². The van der Waals surface area contributed by atoms with Crippen LogP contribution in [0.4, 0.5) is 5.69 Å². The minimum absolute atomic E-state index is 0.0291. The first kappa shape index (κ1) is 18.0. The predicted octanol–water partition coefficient (Wildman–Crippen LogP) is 2.56. The number of ketones is 1. The third-order valence-corrected chi connectivity index (χ3v) is 4.96. The molecule has 6 nitrogen and oxygen atoms in total. The van der Waals surface area contributed by atoms with Crippen molar-refractivity contribution in [1.82, 2.24) is 4.90 Å². The van der Waals surface area contributed by atoms with Gasteiger partial charge in [0, 0.05) is 24.2 Å². The molecule has 1 aliphatic carbocycles. The lowest BCUT2D eigenvalue weighted by atomic mass is 9.85. The van der Waals surface area contributed by atoms with Crippen LogP contribution in [0.5, 0.6) is 0 Å². The smallest absolute Gasteiger partial charge is 0.233 e. The molecule has 3 rings (SSSR count). The Hall–Kier alpha value is -2.76. The minimum Gasteiger partial charge on any atom is -0.326 e. The zero-order valence-corrected chi connectivity index (χ0v) is 14.7. The molecule has 136 valence electrons. The highest BCUT2D eigenvalue weighted by molar-refractivity contribution is 6.05. The third kappa shape index (κ3) is 3.74. The summed E-state index contributed by atoms with van der Waals surface area (Å²) in [6, 6.07) is 6.68. The number of imide groups is 1. The van der Waals surface area contributed by atoms with Gasteiger partial charge in [0.05, 0.1) is 11.8 Å². The number of benzene rings is 1. The fourth-order valence-corrected chi connectivity index (χ4v) is 3.50. The van der Waals surface area contributed by atoms with Gasteiger partial charge in [0.1, 0.15) is 0 Å². The minimum atomic E-state index is -0.221. The molecule has 1 heterocycles. The van der Waals surface area contributed by atoms with Gasteiger partial charge in [0.15, 0.2) is 5.78 Å². The number of fused-ring (bicyclic) bond motifs is 1. The van der Waals surface area contributed by atoms with Crippen molar-refractivity contribution in [3.8, 4) is 0 Å². The summed E-state index contributed by atoms with van der Waals surface area (Å²) in [6.45, 7) is 1.77. The van der Waals surface area contributed by atoms with Gasteiger partial charge in [-0.15, -0.1) is 0 Å². The van der Waals surface area contributed by atoms with E-state index in [0.29, 0.717) is 30.5 Å². The average Bonchev–Trinajstić information content (AvgIpc) is 2.87. The summed E-state index contributed by atoms with van der Waals surface area (Å²) in [5, 5.41) is 2.76. The number of nitrogens with one attached hydrogen (secondary N) is 1. The molecule has 0 saturated carbocycles. The van der Waals surface area contributed by atoms with E-state index in [1.807, 2.05) is 12.2 Å². The number of hydrogen-bond donors (Lipinski definition) is 1. The van der Waals surface area contributed by atoms with Crippen LogP contribution in [-0.4, -0.2) is 34.9 Å². The summed E-state index contributed by atoms with van der Waals surface area (Å²) in [5.41, 5.74) is 1.20. The van der Waals surface area contributed by atoms with E-state index in [2.05, 4.69) is 5.32 Å². The quantitative estimate of drug-likeness (QED) is 0.483. The van der Waals surface area contributed by atoms with Gasteiger partial charge in [-0.05, 0) is 50.5 Å². The Bertz CT molecular complexity index is 741. The molecule has 2 atom stereocenters. The Labute approximate surface area is 152 Å². The van der Waals surface area contributed by atoms with Crippen LogP contribution in [0.1, 0.15) is 43.0 Å². The Kier molecular flexibility index (Phi) is 5.30. The van der Waals surface area contributed by atoms with Crippen LogP contribution < -0.4 is 5.32 Å². The van der Waals surface area contributed by atoms with Crippen molar-refractivity contribution >= 4 is 29.2 Å². The number of carbonyl (C=O) groups is 4. The van der Waals surface area contributed by atoms with Gasteiger partial charge < -0.3 is 5.32 Å². The molecule has 0 bridgehead atoms. The predicted molar refractivity (Wildman–Crippen MR) is 96.4 cm³/mol. The van der Waals surface area contributed by atoms with E-state index in [1.54, 1.807) is 24.3 Å². The standard InChI is InChI=1S/C20H22N2O4/c1-13(23)14-8-10-15(11-9-14)21-18(24)7-4-12-22-19(25)16-5-2-3-6-17(16)20(22)26/h2-3,8-11,16-17H,4-7,12H2,1H3,(H,21,24)/t16-,17-/m0/s1. The summed E-state index contributed by atoms with van der Waals surface area (Å²) in [4.78, 5) is 49.3. The number of anilines is 1. The summed E-state index contributed by atoms with van der Waals surface area (Å²) in [5.74, 6) is -0.867. The lowest BCUT2D eigenvalue weighted by Crippen LogP contribution is -2.32. The molecule has 3 amide bonds. The highest BCUT2D eigenvalue weighted by Gasteiger charge is 2.46. The second-order valence-corrected chi connectivity index (χ2v) is 6.77. The van der Waals surface area contributed by atoms with Crippen LogP contribution in [0.15, 0.2) is 36.4 Å². The van der Waals surface area contributed by atoms with Gasteiger partial charge in [-0.2, -0.15) is 0 Å². The molecule has 6 heteroatoms. The van der Waals surface area contributed by atoms with Crippen molar-refractivity contribution in [3.05, 3.63) is 42.0 Å². The zero-order valence-electron chi connectivity index (χ0n) is 14.7. The van der Waals surface area contributed by atoms with Crippen molar-refractivity contribution in [3.63, 3.8) is 0 Å². The lowest BCUT2D eigenvalue weighted by molar-refractivity contribution is -0.140. The second kappa shape index (κ2) is 7.64. The van der Waals surface area contributed by atoms with Crippen molar-refractivity contribution in [2.75, 3.05) is 11.9 Å². The second-order valence-electron chi connectivity index (χ2n) is 6.77. The number of likely N-dealkylation sites (tertiary alicyclic amines) is 1. The van der Waals surface area contributed by atoms with E-state index in [-0.39, 0.29) is 48.3 Å². The van der Waals surface area contributed by atoms with E-state index >= 15 is 0 Å². The van der Waals surface area contributed by atoms with E-state index in [1.165, 1.54) is 11.8 Å². The van der Waals surface area contributed by atoms with E-state index < -0.39 is 0 Å². The van der Waals surface area contributed by atoms with Crippen LogP contribution in [0.3, 0.4) is 0 Å². The first-order chi connectivity index (χ1) is 12.5. The Morgan fingerprint density at radius 2 is 1.62 bits per heavy atom. The average molecular weight is 354 g/mol. The molecular weight excluding hydrogens is 332 g/mol. The zero-order chi connectivity index (χ0) is 18.7. The molecule has 0 spiro atoms. The number of Topliss-reactive ketones (excluding diaryl/α,β-unsaturated/α-hetero) is 1. The molecule has 0 aromatic heterocycles. The van der Waals surface area contributed by atoms with Crippen LogP contribution >= 0.6 is 0 Å². The van der Waals surface area contributed by atoms with E-state index in [9.17, 15) is 19.2 Å². The third-order valence-electron chi connectivity index (χ3n) is 4.96. The highest BCUT2D eigenvalue weighted by atomic mass is 16.2. The van der Waals surface area contributed by atoms with Gasteiger partial charge in [-0.3, -0.25) is 24.1 Å². The molecule has 0 radical (unpaired) electrons. The number of amides is 3. The molecule has 1 aromatic carbocycles. The van der Waals surface area contributed by atoms with Crippen LogP contribution in [0.2, 0.25) is 0 Å². The number of carbonyl (C=O) groups excluding carboxylic acids is 4. The largest absolute Gasteiger partial charge is 0.326 e. The number of hydrogen-bond acceptors (Lipinski definition) is 4. The fraction of sp³-hybridized carbons (Fsp3) is 0.400. The molecule has 2 aliphatic rings. The Morgan fingerprint density at radius 3 is 2.15 bits per heavy atom. The number of nitrogens with zero attached hydrogens (tertiary/aromatic N) is 1. The Balaban J connectivity index is 1.47. The SMILES string of the molecule is CC(=O)c1ccc(NC(=O)CCCN2C(=O)[C@H]3CC=CC[C@@H]3C2=O)cc1. The lowest BCUT2D eigenvalue weighted by Gasteiger charge is -2.14. The maximum Gasteiger partial charge on any atom is 0.233 e. The first-order valence-electron chi connectivity index (χ1n) is 8.88. The van der Waals surface area contributed by atoms with Crippen molar-refractivity contribution in [1.29, 1.82) is 0 Å². The Morgan fingerprint density at radius 1 is 1.04 bits per heavy atom. The summed E-state index contributed by atoms with van der Waals surface area (Å²) < 4.78 is 0. The molecule has 1 saturated heterocycles.